The van der Waals surface area contributed by atoms with E-state index in [9.17, 15) is 12.8 Å². The summed E-state index contributed by atoms with van der Waals surface area (Å²) in [6, 6.07) is 3.83. The molecule has 0 saturated heterocycles. The summed E-state index contributed by atoms with van der Waals surface area (Å²) in [6.45, 7) is 8.66. The van der Waals surface area contributed by atoms with Gasteiger partial charge in [0, 0.05) is 20.1 Å². The van der Waals surface area contributed by atoms with Crippen molar-refractivity contribution >= 4 is 10.0 Å². The summed E-state index contributed by atoms with van der Waals surface area (Å²) in [7, 11) is -2.26. The molecule has 0 aliphatic rings. The van der Waals surface area contributed by atoms with Crippen molar-refractivity contribution in [2.75, 3.05) is 20.1 Å². The molecule has 4 nitrogen and oxygen atoms in total. The van der Waals surface area contributed by atoms with Crippen LogP contribution in [0.5, 0.6) is 0 Å². The molecule has 1 rings (SSSR count). The number of hydrogen-bond acceptors (Lipinski definition) is 3. The van der Waals surface area contributed by atoms with Gasteiger partial charge >= 0.3 is 0 Å². The lowest BCUT2D eigenvalue weighted by atomic mass is 10.2. The Balaban J connectivity index is 3.21. The van der Waals surface area contributed by atoms with Gasteiger partial charge in [0.05, 0.1) is 4.90 Å². The molecule has 1 N–H and O–H groups in total. The van der Waals surface area contributed by atoms with E-state index in [0.717, 1.165) is 11.6 Å². The van der Waals surface area contributed by atoms with E-state index in [1.165, 1.54) is 23.5 Å². The summed E-state index contributed by atoms with van der Waals surface area (Å²) < 4.78 is 39.6. The Kier molecular flexibility index (Phi) is 5.86. The molecule has 0 radical (unpaired) electrons. The summed E-state index contributed by atoms with van der Waals surface area (Å²) in [5.74, 6) is -0.562. The maximum absolute atomic E-state index is 13.4. The van der Waals surface area contributed by atoms with Gasteiger partial charge in [-0.2, -0.15) is 4.31 Å². The van der Waals surface area contributed by atoms with E-state index in [1.807, 2.05) is 6.92 Å². The predicted octanol–water partition coefficient (Wildman–Crippen LogP) is 2.13. The van der Waals surface area contributed by atoms with Gasteiger partial charge in [-0.3, -0.25) is 0 Å². The highest BCUT2D eigenvalue weighted by Crippen LogP contribution is 2.21. The molecule has 0 amide bonds. The topological polar surface area (TPSA) is 49.4 Å². The third-order valence-corrected chi connectivity index (χ3v) is 4.66. The van der Waals surface area contributed by atoms with Crippen molar-refractivity contribution in [3.63, 3.8) is 0 Å². The Hall–Kier alpha value is -1.24. The monoisotopic (exact) mass is 300 g/mol. The average molecular weight is 300 g/mol. The number of rotatable bonds is 7. The lowest BCUT2D eigenvalue weighted by Crippen LogP contribution is -2.30. The second kappa shape index (κ2) is 6.97. The SMILES string of the molecule is C=C(C)CN(C)S(=O)(=O)c1cc(F)ccc1CNCC. The molecule has 6 heteroatoms. The van der Waals surface area contributed by atoms with E-state index >= 15 is 0 Å². The number of likely N-dealkylation sites (N-methyl/N-ethyl adjacent to an activating group) is 1. The highest BCUT2D eigenvalue weighted by Gasteiger charge is 2.24. The second-order valence-electron chi connectivity index (χ2n) is 4.75. The van der Waals surface area contributed by atoms with Crippen LogP contribution in [-0.2, 0) is 16.6 Å². The molecule has 0 aromatic heterocycles. The van der Waals surface area contributed by atoms with Crippen LogP contribution < -0.4 is 5.32 Å². The van der Waals surface area contributed by atoms with Crippen molar-refractivity contribution in [3.05, 3.63) is 41.7 Å². The molecular formula is C14H21FN2O2S. The number of nitrogens with one attached hydrogen (secondary N) is 1. The highest BCUT2D eigenvalue weighted by atomic mass is 32.2. The van der Waals surface area contributed by atoms with E-state index in [0.29, 0.717) is 18.7 Å². The summed E-state index contributed by atoms with van der Waals surface area (Å²) in [5.41, 5.74) is 1.28. The third kappa shape index (κ3) is 4.13. The summed E-state index contributed by atoms with van der Waals surface area (Å²) in [6.07, 6.45) is 0. The zero-order valence-electron chi connectivity index (χ0n) is 12.1. The standard InChI is InChI=1S/C14H21FN2O2S/c1-5-16-9-12-6-7-13(15)8-14(12)20(18,19)17(4)10-11(2)3/h6-8,16H,2,5,9-10H2,1,3-4H3. The summed E-state index contributed by atoms with van der Waals surface area (Å²) in [4.78, 5) is 0.00204. The highest BCUT2D eigenvalue weighted by molar-refractivity contribution is 7.89. The van der Waals surface area contributed by atoms with Crippen LogP contribution in [0.4, 0.5) is 4.39 Å². The van der Waals surface area contributed by atoms with Crippen LogP contribution in [0.25, 0.3) is 0 Å². The molecule has 0 bridgehead atoms. The fourth-order valence-electron chi connectivity index (χ4n) is 1.81. The molecule has 0 aliphatic heterocycles. The first-order valence-electron chi connectivity index (χ1n) is 6.39. The number of nitrogens with zero attached hydrogens (tertiary/aromatic N) is 1. The van der Waals surface area contributed by atoms with Crippen molar-refractivity contribution < 1.29 is 12.8 Å². The second-order valence-corrected chi connectivity index (χ2v) is 6.76. The van der Waals surface area contributed by atoms with Gasteiger partial charge < -0.3 is 5.32 Å². The maximum Gasteiger partial charge on any atom is 0.243 e. The fraction of sp³-hybridized carbons (Fsp3) is 0.429. The van der Waals surface area contributed by atoms with Crippen molar-refractivity contribution in [3.8, 4) is 0 Å². The van der Waals surface area contributed by atoms with E-state index in [1.54, 1.807) is 6.92 Å². The first-order valence-corrected chi connectivity index (χ1v) is 7.83. The smallest absolute Gasteiger partial charge is 0.243 e. The van der Waals surface area contributed by atoms with Gasteiger partial charge in [-0.1, -0.05) is 25.1 Å². The zero-order valence-corrected chi connectivity index (χ0v) is 12.9. The molecule has 0 heterocycles. The van der Waals surface area contributed by atoms with Gasteiger partial charge in [0.1, 0.15) is 5.82 Å². The van der Waals surface area contributed by atoms with Crippen molar-refractivity contribution in [1.82, 2.24) is 9.62 Å². The number of benzene rings is 1. The molecular weight excluding hydrogens is 279 g/mol. The third-order valence-electron chi connectivity index (χ3n) is 2.78. The van der Waals surface area contributed by atoms with E-state index in [4.69, 9.17) is 0 Å². The Morgan fingerprint density at radius 1 is 1.45 bits per heavy atom. The van der Waals surface area contributed by atoms with Gasteiger partial charge in [0.25, 0.3) is 0 Å². The van der Waals surface area contributed by atoms with Crippen LogP contribution in [0.2, 0.25) is 0 Å². The Morgan fingerprint density at radius 2 is 2.10 bits per heavy atom. The Morgan fingerprint density at radius 3 is 2.65 bits per heavy atom. The van der Waals surface area contributed by atoms with E-state index in [-0.39, 0.29) is 11.4 Å². The zero-order chi connectivity index (χ0) is 15.3. The van der Waals surface area contributed by atoms with E-state index in [2.05, 4.69) is 11.9 Å². The first-order chi connectivity index (χ1) is 9.28. The normalized spacial score (nSPS) is 11.8. The maximum atomic E-state index is 13.4. The van der Waals surface area contributed by atoms with Gasteiger partial charge in [-0.25, -0.2) is 12.8 Å². The predicted molar refractivity (Wildman–Crippen MR) is 78.4 cm³/mol. The molecule has 0 spiro atoms. The minimum atomic E-state index is -3.73. The molecule has 1 aromatic rings. The van der Waals surface area contributed by atoms with Gasteiger partial charge in [-0.05, 0) is 31.2 Å². The molecule has 20 heavy (non-hydrogen) atoms. The lowest BCUT2D eigenvalue weighted by molar-refractivity contribution is 0.490. The summed E-state index contributed by atoms with van der Waals surface area (Å²) >= 11 is 0. The molecule has 0 atom stereocenters. The van der Waals surface area contributed by atoms with Crippen molar-refractivity contribution in [2.45, 2.75) is 25.3 Å². The van der Waals surface area contributed by atoms with Crippen molar-refractivity contribution in [1.29, 1.82) is 0 Å². The van der Waals surface area contributed by atoms with Crippen LogP contribution in [0.1, 0.15) is 19.4 Å². The van der Waals surface area contributed by atoms with Gasteiger partial charge in [-0.15, -0.1) is 0 Å². The Labute approximate surface area is 120 Å². The van der Waals surface area contributed by atoms with Crippen LogP contribution in [0, 0.1) is 5.82 Å². The van der Waals surface area contributed by atoms with E-state index < -0.39 is 15.8 Å². The average Bonchev–Trinajstić information content (AvgIpc) is 2.36. The van der Waals surface area contributed by atoms with Crippen LogP contribution in [-0.4, -0.2) is 32.9 Å². The van der Waals surface area contributed by atoms with Gasteiger partial charge in [0.15, 0.2) is 0 Å². The number of halogens is 1. The largest absolute Gasteiger partial charge is 0.313 e. The molecule has 112 valence electrons. The molecule has 0 fully saturated rings. The van der Waals surface area contributed by atoms with Crippen LogP contribution in [0.15, 0.2) is 35.2 Å². The lowest BCUT2D eigenvalue weighted by Gasteiger charge is -2.19. The number of hydrogen-bond donors (Lipinski definition) is 1. The first kappa shape index (κ1) is 16.8. The number of sulfonamides is 1. The summed E-state index contributed by atoms with van der Waals surface area (Å²) in [5, 5.41) is 3.05. The quantitative estimate of drug-likeness (QED) is 0.785. The molecule has 0 unspecified atom stereocenters. The molecule has 1 aromatic carbocycles. The van der Waals surface area contributed by atoms with Crippen LogP contribution >= 0.6 is 0 Å². The Bertz CT molecular complexity index is 585. The minimum absolute atomic E-state index is 0.00204. The molecule has 0 aliphatic carbocycles. The van der Waals surface area contributed by atoms with Gasteiger partial charge in [0.2, 0.25) is 10.0 Å². The molecule has 0 saturated carbocycles. The minimum Gasteiger partial charge on any atom is -0.313 e. The van der Waals surface area contributed by atoms with Crippen LogP contribution in [0.3, 0.4) is 0 Å². The van der Waals surface area contributed by atoms with Crippen molar-refractivity contribution in [2.24, 2.45) is 0 Å². The fourth-order valence-corrected chi connectivity index (χ4v) is 3.27.